The molecule has 1 aromatic rings. The van der Waals surface area contributed by atoms with Crippen LogP contribution in [0.25, 0.3) is 0 Å². The van der Waals surface area contributed by atoms with E-state index >= 15 is 0 Å². The van der Waals surface area contributed by atoms with Gasteiger partial charge in [0.05, 0.1) is 17.6 Å². The first-order valence-corrected chi connectivity index (χ1v) is 8.23. The molecule has 0 aromatic carbocycles. The topological polar surface area (TPSA) is 90.4 Å². The molecule has 2 rings (SSSR count). The van der Waals surface area contributed by atoms with Crippen LogP contribution in [0.15, 0.2) is 6.20 Å². The van der Waals surface area contributed by atoms with E-state index in [-0.39, 0.29) is 6.04 Å². The van der Waals surface area contributed by atoms with Gasteiger partial charge in [-0.1, -0.05) is 13.3 Å². The number of hydrogen-bond acceptors (Lipinski definition) is 5. The second kappa shape index (κ2) is 8.48. The highest BCUT2D eigenvalue weighted by molar-refractivity contribution is 5.33. The first-order valence-electron chi connectivity index (χ1n) is 8.23. The lowest BCUT2D eigenvalue weighted by Crippen LogP contribution is -2.24. The van der Waals surface area contributed by atoms with Crippen LogP contribution in [0.2, 0.25) is 0 Å². The Labute approximate surface area is 138 Å². The predicted molar refractivity (Wildman–Crippen MR) is 81.7 cm³/mol. The van der Waals surface area contributed by atoms with Gasteiger partial charge in [-0.15, -0.1) is 0 Å². The fraction of sp³-hybridized carbons (Fsp3) is 0.800. The molecule has 1 fully saturated rings. The quantitative estimate of drug-likeness (QED) is 0.441. The highest BCUT2D eigenvalue weighted by Crippen LogP contribution is 2.35. The maximum Gasteiger partial charge on any atom is 0.316 e. The van der Waals surface area contributed by atoms with Crippen molar-refractivity contribution >= 4 is 5.69 Å². The van der Waals surface area contributed by atoms with Crippen molar-refractivity contribution in [2.45, 2.75) is 64.2 Å². The van der Waals surface area contributed by atoms with Crippen LogP contribution in [0.3, 0.4) is 0 Å². The summed E-state index contributed by atoms with van der Waals surface area (Å²) in [5, 5.41) is 24.2. The molecule has 1 N–H and O–H groups in total. The van der Waals surface area contributed by atoms with E-state index in [1.165, 1.54) is 4.68 Å². The number of rotatable bonds is 8. The zero-order chi connectivity index (χ0) is 17.7. The van der Waals surface area contributed by atoms with Crippen molar-refractivity contribution in [3.63, 3.8) is 0 Å². The summed E-state index contributed by atoms with van der Waals surface area (Å²) in [7, 11) is 0. The Morgan fingerprint density at radius 3 is 2.62 bits per heavy atom. The number of ether oxygens (including phenoxy) is 1. The van der Waals surface area contributed by atoms with Gasteiger partial charge >= 0.3 is 5.69 Å². The van der Waals surface area contributed by atoms with E-state index in [2.05, 4.69) is 5.10 Å². The Morgan fingerprint density at radius 1 is 1.46 bits per heavy atom. The number of nitrogens with zero attached hydrogens (tertiary/aromatic N) is 3. The Hall–Kier alpha value is -1.61. The summed E-state index contributed by atoms with van der Waals surface area (Å²) in [4.78, 5) is 10.0. The van der Waals surface area contributed by atoms with Crippen molar-refractivity contribution in [2.75, 3.05) is 6.61 Å². The normalized spacial score (nSPS) is 22.7. The Morgan fingerprint density at radius 2 is 2.12 bits per heavy atom. The Balaban J connectivity index is 1.90. The predicted octanol–water partition coefficient (Wildman–Crippen LogP) is 3.60. The van der Waals surface area contributed by atoms with Gasteiger partial charge in [0.25, 0.3) is 6.43 Å². The van der Waals surface area contributed by atoms with Crippen molar-refractivity contribution in [1.82, 2.24) is 9.78 Å². The third kappa shape index (κ3) is 4.70. The summed E-state index contributed by atoms with van der Waals surface area (Å²) in [6.45, 7) is 2.43. The minimum atomic E-state index is -2.96. The van der Waals surface area contributed by atoms with Crippen LogP contribution in [-0.4, -0.2) is 32.7 Å². The van der Waals surface area contributed by atoms with Crippen LogP contribution < -0.4 is 0 Å². The van der Waals surface area contributed by atoms with E-state index in [4.69, 9.17) is 4.74 Å². The highest BCUT2D eigenvalue weighted by Gasteiger charge is 2.30. The lowest BCUT2D eigenvalue weighted by molar-refractivity contribution is -0.386. The summed E-state index contributed by atoms with van der Waals surface area (Å²) in [5.74, 6) is 0.299. The van der Waals surface area contributed by atoms with Gasteiger partial charge in [0.15, 0.2) is 6.29 Å². The molecule has 1 aliphatic carbocycles. The van der Waals surface area contributed by atoms with Gasteiger partial charge < -0.3 is 9.84 Å². The minimum absolute atomic E-state index is 0.118. The molecule has 0 amide bonds. The zero-order valence-electron chi connectivity index (χ0n) is 13.6. The maximum absolute atomic E-state index is 12.8. The number of aromatic nitrogens is 2. The second-order valence-electron chi connectivity index (χ2n) is 6.19. The second-order valence-corrected chi connectivity index (χ2v) is 6.19. The van der Waals surface area contributed by atoms with Gasteiger partial charge in [0.2, 0.25) is 5.69 Å². The molecule has 0 radical (unpaired) electrons. The first kappa shape index (κ1) is 18.7. The van der Waals surface area contributed by atoms with Crippen LogP contribution in [0.1, 0.15) is 63.6 Å². The van der Waals surface area contributed by atoms with Crippen LogP contribution in [-0.2, 0) is 4.74 Å². The Bertz CT molecular complexity index is 545. The van der Waals surface area contributed by atoms with E-state index in [9.17, 15) is 24.0 Å². The number of aliphatic hydroxyl groups is 1. The maximum atomic E-state index is 12.8. The van der Waals surface area contributed by atoms with Gasteiger partial charge in [0.1, 0.15) is 6.20 Å². The molecule has 7 nitrogen and oxygen atoms in total. The fourth-order valence-corrected chi connectivity index (χ4v) is 3.03. The van der Waals surface area contributed by atoms with Crippen molar-refractivity contribution < 1.29 is 23.5 Å². The van der Waals surface area contributed by atoms with E-state index < -0.39 is 29.0 Å². The number of nitro groups is 1. The molecule has 0 aliphatic heterocycles. The van der Waals surface area contributed by atoms with E-state index in [0.29, 0.717) is 31.8 Å². The third-order valence-electron chi connectivity index (χ3n) is 4.39. The third-order valence-corrected chi connectivity index (χ3v) is 4.39. The van der Waals surface area contributed by atoms with E-state index in [1.54, 1.807) is 0 Å². The molecule has 0 bridgehead atoms. The van der Waals surface area contributed by atoms with E-state index in [1.807, 2.05) is 6.92 Å². The molecule has 24 heavy (non-hydrogen) atoms. The van der Waals surface area contributed by atoms with Crippen LogP contribution in [0.5, 0.6) is 0 Å². The van der Waals surface area contributed by atoms with Crippen molar-refractivity contribution in [3.05, 3.63) is 22.0 Å². The molecule has 136 valence electrons. The molecule has 1 atom stereocenters. The highest BCUT2D eigenvalue weighted by atomic mass is 19.3. The van der Waals surface area contributed by atoms with E-state index in [0.717, 1.165) is 25.5 Å². The monoisotopic (exact) mass is 347 g/mol. The number of halogens is 2. The summed E-state index contributed by atoms with van der Waals surface area (Å²) >= 11 is 0. The molecular formula is C15H23F2N3O4. The SMILES string of the molecule is CCCC(O)OCC1CCC(n2cc([N+](=O)[O-])c(C(F)F)n2)CC1. The number of aliphatic hydroxyl groups excluding tert-OH is 1. The molecule has 0 saturated heterocycles. The van der Waals surface area contributed by atoms with Gasteiger partial charge in [-0.25, -0.2) is 8.78 Å². The number of hydrogen-bond donors (Lipinski definition) is 1. The van der Waals surface area contributed by atoms with Crippen LogP contribution in [0.4, 0.5) is 14.5 Å². The van der Waals surface area contributed by atoms with Gasteiger partial charge in [-0.05, 0) is 38.0 Å². The molecule has 1 unspecified atom stereocenters. The van der Waals surface area contributed by atoms with Crippen LogP contribution in [0, 0.1) is 16.0 Å². The molecule has 1 heterocycles. The minimum Gasteiger partial charge on any atom is -0.368 e. The van der Waals surface area contributed by atoms with Crippen molar-refractivity contribution in [2.24, 2.45) is 5.92 Å². The van der Waals surface area contributed by atoms with Crippen molar-refractivity contribution in [1.29, 1.82) is 0 Å². The molecular weight excluding hydrogens is 324 g/mol. The summed E-state index contributed by atoms with van der Waals surface area (Å²) in [5.41, 5.74) is -1.40. The van der Waals surface area contributed by atoms with Crippen molar-refractivity contribution in [3.8, 4) is 0 Å². The smallest absolute Gasteiger partial charge is 0.316 e. The molecule has 1 aliphatic rings. The summed E-state index contributed by atoms with van der Waals surface area (Å²) < 4.78 is 32.4. The summed E-state index contributed by atoms with van der Waals surface area (Å²) in [6, 6.07) is -0.118. The first-order chi connectivity index (χ1) is 11.4. The van der Waals surface area contributed by atoms with Gasteiger partial charge in [-0.2, -0.15) is 5.10 Å². The van der Waals surface area contributed by atoms with Gasteiger partial charge in [0, 0.05) is 0 Å². The summed E-state index contributed by atoms with van der Waals surface area (Å²) in [6.07, 6.45) is 1.85. The molecule has 9 heteroatoms. The average Bonchev–Trinajstić information content (AvgIpc) is 2.99. The average molecular weight is 347 g/mol. The lowest BCUT2D eigenvalue weighted by atomic mass is 9.86. The van der Waals surface area contributed by atoms with Gasteiger partial charge in [-0.3, -0.25) is 14.8 Å². The molecule has 1 saturated carbocycles. The largest absolute Gasteiger partial charge is 0.368 e. The lowest BCUT2D eigenvalue weighted by Gasteiger charge is -2.29. The zero-order valence-corrected chi connectivity index (χ0v) is 13.6. The van der Waals surface area contributed by atoms with Crippen LogP contribution >= 0.6 is 0 Å². The number of alkyl halides is 2. The molecule has 0 spiro atoms. The standard InChI is InChI=1S/C15H23F2N3O4/c1-2-3-13(21)24-9-10-4-6-11(7-5-10)19-8-12(20(22)23)14(18-19)15(16)17/h8,10-11,13,15,21H,2-7,9H2,1H3. The molecule has 1 aromatic heterocycles. The Kier molecular flexibility index (Phi) is 6.61. The fourth-order valence-electron chi connectivity index (χ4n) is 3.03.